The Balaban J connectivity index is 0.771. The Hall–Kier alpha value is -4.41. The minimum absolute atomic E-state index is 0.120. The van der Waals surface area contributed by atoms with Gasteiger partial charge in [0.15, 0.2) is 0 Å². The highest BCUT2D eigenvalue weighted by Gasteiger charge is 2.40. The lowest BCUT2D eigenvalue weighted by Crippen LogP contribution is -2.52. The fourth-order valence-corrected chi connectivity index (χ4v) is 10.1. The van der Waals surface area contributed by atoms with Gasteiger partial charge in [-0.15, -0.1) is 0 Å². The number of benzene rings is 3. The molecule has 3 aromatic rings. The number of rotatable bonds is 7. The monoisotopic (exact) mass is 717 g/mol. The van der Waals surface area contributed by atoms with Crippen LogP contribution in [0.15, 0.2) is 60.7 Å². The maximum atomic E-state index is 13.1. The number of carbonyl (C=O) groups excluding carboxylic acids is 3. The molecule has 1 aliphatic carbocycles. The van der Waals surface area contributed by atoms with Crippen molar-refractivity contribution < 1.29 is 24.2 Å². The Kier molecular flexibility index (Phi) is 9.36. The molecule has 3 atom stereocenters. The second-order valence-corrected chi connectivity index (χ2v) is 16.2. The summed E-state index contributed by atoms with van der Waals surface area (Å²) in [6.45, 7) is 8.23. The smallest absolute Gasteiger partial charge is 0.255 e. The lowest BCUT2D eigenvalue weighted by Gasteiger charge is -2.40. The summed E-state index contributed by atoms with van der Waals surface area (Å²) in [5.74, 6) is 1.04. The number of aromatic hydroxyl groups is 1. The first-order valence-electron chi connectivity index (χ1n) is 19.9. The molecule has 53 heavy (non-hydrogen) atoms. The van der Waals surface area contributed by atoms with E-state index in [0.29, 0.717) is 42.7 Å². The fourth-order valence-electron chi connectivity index (χ4n) is 10.1. The van der Waals surface area contributed by atoms with E-state index < -0.39 is 6.04 Å². The zero-order valence-electron chi connectivity index (χ0n) is 30.6. The first-order chi connectivity index (χ1) is 25.9. The quantitative estimate of drug-likeness (QED) is 0.313. The van der Waals surface area contributed by atoms with Crippen molar-refractivity contribution in [2.24, 2.45) is 11.8 Å². The van der Waals surface area contributed by atoms with Gasteiger partial charge in [-0.2, -0.15) is 0 Å². The van der Waals surface area contributed by atoms with Crippen LogP contribution in [0.5, 0.6) is 5.75 Å². The van der Waals surface area contributed by atoms with Crippen LogP contribution in [-0.2, 0) is 27.5 Å². The van der Waals surface area contributed by atoms with Gasteiger partial charge in [0.25, 0.3) is 5.91 Å². The summed E-state index contributed by atoms with van der Waals surface area (Å²) >= 11 is 0. The number of carbonyl (C=O) groups is 3. The van der Waals surface area contributed by atoms with Gasteiger partial charge < -0.3 is 24.5 Å². The number of nitrogens with one attached hydrogen (secondary N) is 1. The van der Waals surface area contributed by atoms with E-state index >= 15 is 0 Å². The van der Waals surface area contributed by atoms with Crippen LogP contribution in [-0.4, -0.2) is 90.6 Å². The molecule has 3 aromatic carbocycles. The highest BCUT2D eigenvalue weighted by molar-refractivity contribution is 6.05. The van der Waals surface area contributed by atoms with Crippen LogP contribution in [0.3, 0.4) is 0 Å². The van der Waals surface area contributed by atoms with E-state index in [2.05, 4.69) is 56.4 Å². The summed E-state index contributed by atoms with van der Waals surface area (Å²) in [7, 11) is 0. The van der Waals surface area contributed by atoms with Crippen LogP contribution in [0.4, 0.5) is 11.4 Å². The molecule has 0 aromatic heterocycles. The zero-order valence-corrected chi connectivity index (χ0v) is 30.6. The van der Waals surface area contributed by atoms with Crippen LogP contribution in [0.1, 0.15) is 89.9 Å². The molecule has 3 amide bonds. The number of piperidine rings is 2. The highest BCUT2D eigenvalue weighted by atomic mass is 16.5. The molecule has 10 nitrogen and oxygen atoms in total. The molecule has 0 unspecified atom stereocenters. The van der Waals surface area contributed by atoms with Crippen molar-refractivity contribution in [2.45, 2.75) is 82.6 Å². The molecule has 278 valence electrons. The third-order valence-corrected chi connectivity index (χ3v) is 13.1. The average molecular weight is 718 g/mol. The van der Waals surface area contributed by atoms with Crippen LogP contribution in [0, 0.1) is 11.8 Å². The second kappa shape index (κ2) is 14.4. The van der Waals surface area contributed by atoms with E-state index in [0.717, 1.165) is 62.6 Å². The number of phenols is 1. The SMILES string of the molecule is O=C1CC[C@H](N2Cc3cc(N4CCN(CC5CCN(c6ccc([C@@H]7c8ccc(O)cc8CO[C@@H]7C7CCCC7)cc6)CC5)CC4)ccc3C2=O)C(=O)N1. The molecular formula is C43H51N5O5. The summed E-state index contributed by atoms with van der Waals surface area (Å²) < 4.78 is 6.55. The number of ether oxygens (including phenoxy) is 1. The van der Waals surface area contributed by atoms with Crippen LogP contribution in [0.25, 0.3) is 0 Å². The van der Waals surface area contributed by atoms with E-state index in [1.165, 1.54) is 55.3 Å². The van der Waals surface area contributed by atoms with Gasteiger partial charge in [-0.25, -0.2) is 0 Å². The van der Waals surface area contributed by atoms with Crippen molar-refractivity contribution in [3.05, 3.63) is 88.5 Å². The summed E-state index contributed by atoms with van der Waals surface area (Å²) in [6, 6.07) is 20.6. The molecular weight excluding hydrogens is 667 g/mol. The van der Waals surface area contributed by atoms with E-state index in [-0.39, 0.29) is 36.2 Å². The third kappa shape index (κ3) is 6.80. The lowest BCUT2D eigenvalue weighted by atomic mass is 9.77. The highest BCUT2D eigenvalue weighted by Crippen LogP contribution is 2.45. The predicted molar refractivity (Wildman–Crippen MR) is 203 cm³/mol. The first kappa shape index (κ1) is 34.4. The van der Waals surface area contributed by atoms with Crippen molar-refractivity contribution in [2.75, 3.05) is 55.6 Å². The summed E-state index contributed by atoms with van der Waals surface area (Å²) in [5, 5.41) is 12.5. The van der Waals surface area contributed by atoms with Crippen LogP contribution in [0.2, 0.25) is 0 Å². The van der Waals surface area contributed by atoms with Gasteiger partial charge in [-0.3, -0.25) is 24.6 Å². The van der Waals surface area contributed by atoms with Gasteiger partial charge >= 0.3 is 0 Å². The number of amides is 3. The number of anilines is 2. The maximum Gasteiger partial charge on any atom is 0.255 e. The number of phenolic OH excluding ortho intramolecular Hbond substituents is 1. The minimum atomic E-state index is -0.584. The molecule has 5 heterocycles. The number of hydrogen-bond donors (Lipinski definition) is 2. The summed E-state index contributed by atoms with van der Waals surface area (Å²) in [6.07, 6.45) is 8.29. The van der Waals surface area contributed by atoms with Gasteiger partial charge in [-0.05, 0) is 109 Å². The molecule has 0 spiro atoms. The number of fused-ring (bicyclic) bond motifs is 2. The number of hydrogen-bond acceptors (Lipinski definition) is 8. The second-order valence-electron chi connectivity index (χ2n) is 16.2. The van der Waals surface area contributed by atoms with Gasteiger partial charge in [0.2, 0.25) is 11.8 Å². The van der Waals surface area contributed by atoms with Crippen molar-refractivity contribution in [3.63, 3.8) is 0 Å². The largest absolute Gasteiger partial charge is 0.508 e. The Morgan fingerprint density at radius 2 is 1.49 bits per heavy atom. The van der Waals surface area contributed by atoms with Crippen molar-refractivity contribution >= 4 is 29.1 Å². The Labute approximate surface area is 312 Å². The molecule has 2 N–H and O–H groups in total. The third-order valence-electron chi connectivity index (χ3n) is 13.1. The average Bonchev–Trinajstić information content (AvgIpc) is 3.83. The van der Waals surface area contributed by atoms with E-state index in [1.54, 1.807) is 4.90 Å². The molecule has 5 aliphatic heterocycles. The van der Waals surface area contributed by atoms with Crippen LogP contribution < -0.4 is 15.1 Å². The molecule has 9 rings (SSSR count). The van der Waals surface area contributed by atoms with E-state index in [1.807, 2.05) is 24.3 Å². The van der Waals surface area contributed by atoms with Crippen molar-refractivity contribution in [1.29, 1.82) is 0 Å². The minimum Gasteiger partial charge on any atom is -0.508 e. The van der Waals surface area contributed by atoms with E-state index in [4.69, 9.17) is 4.74 Å². The number of imide groups is 1. The molecule has 0 radical (unpaired) electrons. The lowest BCUT2D eigenvalue weighted by molar-refractivity contribution is -0.136. The maximum absolute atomic E-state index is 13.1. The fraction of sp³-hybridized carbons (Fsp3) is 0.512. The summed E-state index contributed by atoms with van der Waals surface area (Å²) in [4.78, 5) is 46.4. The van der Waals surface area contributed by atoms with Gasteiger partial charge in [-0.1, -0.05) is 31.0 Å². The van der Waals surface area contributed by atoms with Crippen molar-refractivity contribution in [1.82, 2.24) is 15.1 Å². The van der Waals surface area contributed by atoms with Crippen LogP contribution >= 0.6 is 0 Å². The zero-order chi connectivity index (χ0) is 36.1. The Bertz CT molecular complexity index is 1860. The first-order valence-corrected chi connectivity index (χ1v) is 19.9. The molecule has 4 fully saturated rings. The standard InChI is InChI=1S/C43H51N5O5/c49-35-10-12-36-32(24-35)27-53-41(30-3-1-2-4-30)40(36)29-5-7-33(8-6-29)46-17-15-28(16-18-46)25-45-19-21-47(22-20-45)34-9-11-37-31(23-34)26-48(43(37)52)38-13-14-39(50)44-42(38)51/h5-12,23-24,28,30,38,40-41,49H,1-4,13-22,25-27H2,(H,44,50,51)/t38-,40+,41+/m0/s1. The molecule has 10 heteroatoms. The normalized spacial score (nSPS) is 25.8. The predicted octanol–water partition coefficient (Wildman–Crippen LogP) is 5.41. The molecule has 1 saturated carbocycles. The number of piperazine rings is 1. The van der Waals surface area contributed by atoms with Crippen molar-refractivity contribution in [3.8, 4) is 5.75 Å². The van der Waals surface area contributed by atoms with E-state index in [9.17, 15) is 19.5 Å². The number of nitrogens with zero attached hydrogens (tertiary/aromatic N) is 4. The Morgan fingerprint density at radius 1 is 0.755 bits per heavy atom. The summed E-state index contributed by atoms with van der Waals surface area (Å²) in [5.41, 5.74) is 7.79. The molecule has 3 saturated heterocycles. The molecule has 0 bridgehead atoms. The van der Waals surface area contributed by atoms with Gasteiger partial charge in [0, 0.05) is 81.6 Å². The Morgan fingerprint density at radius 3 is 2.25 bits per heavy atom. The topological polar surface area (TPSA) is 106 Å². The molecule has 6 aliphatic rings. The van der Waals surface area contributed by atoms with Gasteiger partial charge in [0.05, 0.1) is 12.7 Å². The van der Waals surface area contributed by atoms with Gasteiger partial charge in [0.1, 0.15) is 11.8 Å².